The van der Waals surface area contributed by atoms with Crippen LogP contribution in [0.4, 0.5) is 0 Å². The van der Waals surface area contributed by atoms with Crippen molar-refractivity contribution in [2.45, 2.75) is 0 Å². The first kappa shape index (κ1) is 3.74. The van der Waals surface area contributed by atoms with Crippen molar-refractivity contribution >= 4 is 18.3 Å². The van der Waals surface area contributed by atoms with E-state index in [4.69, 9.17) is 0 Å². The Morgan fingerprint density at radius 2 is 2.67 bits per heavy atom. The summed E-state index contributed by atoms with van der Waals surface area (Å²) in [6.07, 6.45) is 3.59. The van der Waals surface area contributed by atoms with Crippen molar-refractivity contribution < 1.29 is 9.44 Å². The fourth-order valence-electron chi connectivity index (χ4n) is 0.194. The van der Waals surface area contributed by atoms with Crippen molar-refractivity contribution in [1.29, 1.82) is 0 Å². The molecule has 1 heterocycles. The highest BCUT2D eigenvalue weighted by Crippen LogP contribution is 1.96. The molecular weight excluding hydrogens is 98.1 g/mol. The zero-order chi connectivity index (χ0) is 4.24. The van der Waals surface area contributed by atoms with Crippen LogP contribution in [0.15, 0.2) is 11.5 Å². The zero-order valence-corrected chi connectivity index (χ0v) is 3.87. The van der Waals surface area contributed by atoms with E-state index in [1.165, 1.54) is 12.0 Å². The van der Waals surface area contributed by atoms with Crippen molar-refractivity contribution in [3.8, 4) is 0 Å². The van der Waals surface area contributed by atoms with Crippen molar-refractivity contribution in [2.75, 3.05) is 0 Å². The van der Waals surface area contributed by atoms with Gasteiger partial charge in [0.05, 0.1) is 0 Å². The minimum absolute atomic E-state index is 1.27. The lowest BCUT2D eigenvalue weighted by Crippen LogP contribution is -2.66. The minimum atomic E-state index is 1.27. The van der Waals surface area contributed by atoms with Gasteiger partial charge in [0.1, 0.15) is 0 Å². The van der Waals surface area contributed by atoms with Gasteiger partial charge in [-0.15, -0.1) is 0 Å². The molecule has 1 rings (SSSR count). The van der Waals surface area contributed by atoms with E-state index in [1.54, 1.807) is 6.21 Å². The second-order valence-corrected chi connectivity index (χ2v) is 1.42. The van der Waals surface area contributed by atoms with Crippen LogP contribution in [0.25, 0.3) is 0 Å². The lowest BCUT2D eigenvalue weighted by Gasteiger charge is -1.81. The van der Waals surface area contributed by atoms with Gasteiger partial charge in [-0.2, -0.15) is 4.28 Å². The van der Waals surface area contributed by atoms with Crippen LogP contribution in [-0.4, -0.2) is 6.21 Å². The summed E-state index contributed by atoms with van der Waals surface area (Å²) in [5.41, 5.74) is 0. The Kier molecular flexibility index (Phi) is 1.17. The summed E-state index contributed by atoms with van der Waals surface area (Å²) < 4.78 is 4.59. The summed E-state index contributed by atoms with van der Waals surface area (Å²) in [6.45, 7) is 0. The molecule has 2 nitrogen and oxygen atoms in total. The van der Waals surface area contributed by atoms with Gasteiger partial charge in [0, 0.05) is 11.5 Å². The van der Waals surface area contributed by atoms with Gasteiger partial charge in [0.25, 0.3) is 0 Å². The first-order chi connectivity index (χ1) is 3.00. The maximum atomic E-state index is 4.59. The molecule has 0 radical (unpaired) electrons. The number of nitrogens with one attached hydrogen (secondary N) is 1. The van der Waals surface area contributed by atoms with E-state index in [9.17, 15) is 0 Å². The van der Waals surface area contributed by atoms with Gasteiger partial charge in [0.15, 0.2) is 12.0 Å². The van der Waals surface area contributed by atoms with Crippen LogP contribution in [0.1, 0.15) is 0 Å². The van der Waals surface area contributed by atoms with Gasteiger partial charge in [-0.05, 0) is 5.16 Å². The molecule has 0 unspecified atom stereocenters. The smallest absolute Gasteiger partial charge is 0.198 e. The molecular formula is C3H4NOS+. The number of hydrogen-bond acceptors (Lipinski definition) is 2. The Hall–Kier alpha value is -0.440. The van der Waals surface area contributed by atoms with Gasteiger partial charge in [-0.3, -0.25) is 0 Å². The molecule has 0 saturated heterocycles. The lowest BCUT2D eigenvalue weighted by atomic mass is 10.7. The number of hydrogen-bond donors (Lipinski definition) is 1. The van der Waals surface area contributed by atoms with Gasteiger partial charge < -0.3 is 0 Å². The maximum Gasteiger partial charge on any atom is 0.215 e. The zero-order valence-electron chi connectivity index (χ0n) is 3.05. The average Bonchev–Trinajstić information content (AvgIpc) is 1.72. The number of rotatable bonds is 0. The molecule has 0 fully saturated rings. The van der Waals surface area contributed by atoms with Crippen LogP contribution in [0.3, 0.4) is 0 Å². The Morgan fingerprint density at radius 1 is 1.67 bits per heavy atom. The van der Waals surface area contributed by atoms with Crippen LogP contribution < -0.4 is 5.16 Å². The van der Waals surface area contributed by atoms with Gasteiger partial charge in [-0.1, -0.05) is 0 Å². The predicted octanol–water partition coefficient (Wildman–Crippen LogP) is -0.755. The normalized spacial score (nSPS) is 17.3. The maximum absolute atomic E-state index is 4.59. The second-order valence-electron chi connectivity index (χ2n) is 0.793. The van der Waals surface area contributed by atoms with Crippen LogP contribution in [0.2, 0.25) is 0 Å². The predicted molar refractivity (Wildman–Crippen MR) is 24.8 cm³/mol. The third-order valence-electron chi connectivity index (χ3n) is 0.395. The van der Waals surface area contributed by atoms with Crippen LogP contribution in [-0.2, 0) is 4.28 Å². The molecule has 6 heavy (non-hydrogen) atoms. The van der Waals surface area contributed by atoms with E-state index < -0.39 is 0 Å². The van der Waals surface area contributed by atoms with Gasteiger partial charge in [-0.25, -0.2) is 0 Å². The monoisotopic (exact) mass is 102 g/mol. The number of allylic oxidation sites excluding steroid dienone is 1. The average molecular weight is 102 g/mol. The Labute approximate surface area is 40.1 Å². The molecule has 3 heteroatoms. The molecule has 0 bridgehead atoms. The standard InChI is InChI=1S/C3H3NOS/c1-2-4-5-6-3-1/h1-3H/p+1. The third-order valence-corrected chi connectivity index (χ3v) is 0.855. The van der Waals surface area contributed by atoms with Crippen LogP contribution in [0, 0.1) is 0 Å². The highest BCUT2D eigenvalue weighted by molar-refractivity contribution is 7.97. The molecule has 0 aliphatic carbocycles. The summed E-state index contributed by atoms with van der Waals surface area (Å²) in [6, 6.07) is 0. The first-order valence-electron chi connectivity index (χ1n) is 1.56. The molecule has 0 aromatic heterocycles. The molecule has 32 valence electrons. The van der Waals surface area contributed by atoms with Crippen LogP contribution in [0.5, 0.6) is 0 Å². The SMILES string of the molecule is C1=CSO[NH+]=C1. The molecule has 0 aromatic carbocycles. The largest absolute Gasteiger partial charge is 0.215 e. The van der Waals surface area contributed by atoms with Crippen molar-refractivity contribution in [3.05, 3.63) is 11.5 Å². The summed E-state index contributed by atoms with van der Waals surface area (Å²) >= 11 is 1.27. The highest BCUT2D eigenvalue weighted by Gasteiger charge is 1.85. The van der Waals surface area contributed by atoms with Crippen LogP contribution >= 0.6 is 12.0 Å². The summed E-state index contributed by atoms with van der Waals surface area (Å²) in [5, 5.41) is 4.38. The fraction of sp³-hybridized carbons (Fsp3) is 0. The van der Waals surface area contributed by atoms with Crippen molar-refractivity contribution in [1.82, 2.24) is 0 Å². The van der Waals surface area contributed by atoms with E-state index >= 15 is 0 Å². The first-order valence-corrected chi connectivity index (χ1v) is 2.37. The molecule has 1 aliphatic heterocycles. The molecule has 0 spiro atoms. The van der Waals surface area contributed by atoms with E-state index in [2.05, 4.69) is 9.44 Å². The Bertz CT molecular complexity index is 76.8. The second kappa shape index (κ2) is 1.87. The lowest BCUT2D eigenvalue weighted by molar-refractivity contribution is -0.696. The minimum Gasteiger partial charge on any atom is -0.198 e. The van der Waals surface area contributed by atoms with E-state index in [1.807, 2.05) is 11.5 Å². The topological polar surface area (TPSA) is 23.2 Å². The summed E-state index contributed by atoms with van der Waals surface area (Å²) in [4.78, 5) is 0. The Morgan fingerprint density at radius 3 is 2.83 bits per heavy atom. The quantitative estimate of drug-likeness (QED) is 0.406. The highest BCUT2D eigenvalue weighted by atomic mass is 32.2. The molecule has 0 amide bonds. The van der Waals surface area contributed by atoms with Gasteiger partial charge >= 0.3 is 0 Å². The third kappa shape index (κ3) is 0.755. The Balaban J connectivity index is 2.46. The summed E-state index contributed by atoms with van der Waals surface area (Å²) in [7, 11) is 0. The molecule has 0 atom stereocenters. The van der Waals surface area contributed by atoms with Crippen molar-refractivity contribution in [3.63, 3.8) is 0 Å². The molecule has 0 saturated carbocycles. The molecule has 1 N–H and O–H groups in total. The summed E-state index contributed by atoms with van der Waals surface area (Å²) in [5.74, 6) is 0. The van der Waals surface area contributed by atoms with Gasteiger partial charge in [0.2, 0.25) is 6.21 Å². The molecule has 1 aliphatic rings. The molecule has 0 aromatic rings. The fourth-order valence-corrected chi connectivity index (χ4v) is 0.503. The van der Waals surface area contributed by atoms with Crippen molar-refractivity contribution in [2.24, 2.45) is 0 Å². The van der Waals surface area contributed by atoms with E-state index in [0.717, 1.165) is 0 Å². The van der Waals surface area contributed by atoms with E-state index in [0.29, 0.717) is 0 Å². The van der Waals surface area contributed by atoms with E-state index in [-0.39, 0.29) is 0 Å².